The van der Waals surface area contributed by atoms with Gasteiger partial charge in [0.25, 0.3) is 0 Å². The first-order valence-electron chi connectivity index (χ1n) is 8.58. The molecule has 0 radical (unpaired) electrons. The molecule has 5 nitrogen and oxygen atoms in total. The lowest BCUT2D eigenvalue weighted by Gasteiger charge is -2.28. The highest BCUT2D eigenvalue weighted by atomic mass is 15.2. The molecule has 0 aromatic carbocycles. The Bertz CT molecular complexity index is 301. The number of nitrogens with one attached hydrogen (secondary N) is 2. The molecule has 1 aliphatic heterocycles. The Morgan fingerprint density at radius 2 is 2.00 bits per heavy atom. The van der Waals surface area contributed by atoms with E-state index in [1.165, 1.54) is 19.4 Å². The molecule has 0 amide bonds. The molecule has 124 valence electrons. The maximum absolute atomic E-state index is 4.34. The number of hydrogen-bond acceptors (Lipinski definition) is 3. The molecule has 0 aliphatic carbocycles. The number of nitrogens with zero attached hydrogens (tertiary/aromatic N) is 3. The molecule has 0 spiro atoms. The van der Waals surface area contributed by atoms with Crippen molar-refractivity contribution in [3.05, 3.63) is 0 Å². The van der Waals surface area contributed by atoms with E-state index in [1.807, 2.05) is 7.05 Å². The molecule has 0 saturated carbocycles. The summed E-state index contributed by atoms with van der Waals surface area (Å²) in [4.78, 5) is 9.35. The summed E-state index contributed by atoms with van der Waals surface area (Å²) < 4.78 is 0. The summed E-state index contributed by atoms with van der Waals surface area (Å²) >= 11 is 0. The highest BCUT2D eigenvalue weighted by Gasteiger charge is 2.22. The minimum Gasteiger partial charge on any atom is -0.355 e. The van der Waals surface area contributed by atoms with Crippen molar-refractivity contribution in [3.8, 4) is 0 Å². The van der Waals surface area contributed by atoms with Crippen molar-refractivity contribution in [1.82, 2.24) is 20.4 Å². The van der Waals surface area contributed by atoms with Crippen molar-refractivity contribution in [3.63, 3.8) is 0 Å². The van der Waals surface area contributed by atoms with Crippen molar-refractivity contribution in [2.24, 2.45) is 4.99 Å². The lowest BCUT2D eigenvalue weighted by atomic mass is 10.2. The summed E-state index contributed by atoms with van der Waals surface area (Å²) in [7, 11) is 1.85. The monoisotopic (exact) mass is 297 g/mol. The third kappa shape index (κ3) is 5.83. The Hall–Kier alpha value is -0.810. The number of guanidine groups is 1. The van der Waals surface area contributed by atoms with E-state index >= 15 is 0 Å². The van der Waals surface area contributed by atoms with E-state index < -0.39 is 0 Å². The smallest absolute Gasteiger partial charge is 0.191 e. The number of hydrogen-bond donors (Lipinski definition) is 2. The lowest BCUT2D eigenvalue weighted by molar-refractivity contribution is 0.231. The van der Waals surface area contributed by atoms with Crippen LogP contribution in [0.25, 0.3) is 0 Å². The van der Waals surface area contributed by atoms with E-state index in [4.69, 9.17) is 0 Å². The Labute approximate surface area is 131 Å². The Balaban J connectivity index is 2.32. The van der Waals surface area contributed by atoms with Gasteiger partial charge in [0.1, 0.15) is 0 Å². The third-order valence-corrected chi connectivity index (χ3v) is 4.63. The van der Waals surface area contributed by atoms with Gasteiger partial charge in [-0.15, -0.1) is 0 Å². The molecular weight excluding hydrogens is 262 g/mol. The molecule has 0 bridgehead atoms. The highest BCUT2D eigenvalue weighted by molar-refractivity contribution is 5.79. The molecule has 1 saturated heterocycles. The molecule has 21 heavy (non-hydrogen) atoms. The minimum atomic E-state index is 0.525. The maximum Gasteiger partial charge on any atom is 0.191 e. The van der Waals surface area contributed by atoms with E-state index in [0.717, 1.165) is 38.7 Å². The summed E-state index contributed by atoms with van der Waals surface area (Å²) in [6.07, 6.45) is 2.62. The van der Waals surface area contributed by atoms with Crippen molar-refractivity contribution < 1.29 is 0 Å². The summed E-state index contributed by atoms with van der Waals surface area (Å²) in [5, 5.41) is 6.94. The predicted octanol–water partition coefficient (Wildman–Crippen LogP) is 1.37. The molecular formula is C16H35N5. The molecule has 5 heteroatoms. The van der Waals surface area contributed by atoms with E-state index in [9.17, 15) is 0 Å². The van der Waals surface area contributed by atoms with Crippen LogP contribution in [0.2, 0.25) is 0 Å². The Morgan fingerprint density at radius 3 is 2.57 bits per heavy atom. The summed E-state index contributed by atoms with van der Waals surface area (Å²) in [5.41, 5.74) is 0. The first kappa shape index (κ1) is 18.2. The molecule has 1 heterocycles. The van der Waals surface area contributed by atoms with Gasteiger partial charge in [-0.3, -0.25) is 14.8 Å². The second-order valence-electron chi connectivity index (χ2n) is 5.83. The summed E-state index contributed by atoms with van der Waals surface area (Å²) in [5.74, 6) is 0.928. The van der Waals surface area contributed by atoms with Crippen LogP contribution in [0.1, 0.15) is 40.5 Å². The van der Waals surface area contributed by atoms with Crippen LogP contribution in [0.4, 0.5) is 0 Å². The van der Waals surface area contributed by atoms with Crippen LogP contribution in [-0.4, -0.2) is 74.2 Å². The van der Waals surface area contributed by atoms with Gasteiger partial charge in [0.05, 0.1) is 0 Å². The van der Waals surface area contributed by atoms with E-state index in [1.54, 1.807) is 0 Å². The molecule has 1 rings (SSSR count). The fourth-order valence-corrected chi connectivity index (χ4v) is 3.20. The first-order chi connectivity index (χ1) is 10.2. The van der Waals surface area contributed by atoms with Crippen LogP contribution < -0.4 is 10.6 Å². The Morgan fingerprint density at radius 1 is 1.29 bits per heavy atom. The third-order valence-electron chi connectivity index (χ3n) is 4.63. The van der Waals surface area contributed by atoms with Crippen LogP contribution in [0.3, 0.4) is 0 Å². The van der Waals surface area contributed by atoms with Gasteiger partial charge in [-0.1, -0.05) is 20.8 Å². The Kier molecular flexibility index (Phi) is 8.69. The zero-order valence-corrected chi connectivity index (χ0v) is 14.7. The van der Waals surface area contributed by atoms with Gasteiger partial charge >= 0.3 is 0 Å². The topological polar surface area (TPSA) is 42.9 Å². The van der Waals surface area contributed by atoms with Crippen LogP contribution in [-0.2, 0) is 0 Å². The summed E-state index contributed by atoms with van der Waals surface area (Å²) in [6, 6.07) is 1.19. The van der Waals surface area contributed by atoms with Gasteiger partial charge in [-0.25, -0.2) is 0 Å². The average Bonchev–Trinajstić information content (AvgIpc) is 2.96. The standard InChI is InChI=1S/C16H35N5/c1-6-20(7-2)14(4)12-18-16(17-5)19-13-15-10-9-11-21(15)8-3/h14-15H,6-13H2,1-5H3,(H2,17,18,19). The second-order valence-corrected chi connectivity index (χ2v) is 5.83. The largest absolute Gasteiger partial charge is 0.355 e. The molecule has 1 fully saturated rings. The normalized spacial score (nSPS) is 21.8. The molecule has 2 N–H and O–H groups in total. The summed E-state index contributed by atoms with van der Waals surface area (Å²) in [6.45, 7) is 15.5. The van der Waals surface area contributed by atoms with Gasteiger partial charge < -0.3 is 10.6 Å². The zero-order valence-electron chi connectivity index (χ0n) is 14.7. The number of aliphatic imine (C=N–C) groups is 1. The van der Waals surface area contributed by atoms with Crippen molar-refractivity contribution in [2.75, 3.05) is 46.3 Å². The highest BCUT2D eigenvalue weighted by Crippen LogP contribution is 2.15. The quantitative estimate of drug-likeness (QED) is 0.524. The molecule has 2 atom stereocenters. The van der Waals surface area contributed by atoms with E-state index in [2.05, 4.69) is 53.1 Å². The minimum absolute atomic E-state index is 0.525. The molecule has 0 aromatic rings. The van der Waals surface area contributed by atoms with Crippen molar-refractivity contribution >= 4 is 5.96 Å². The van der Waals surface area contributed by atoms with E-state index in [-0.39, 0.29) is 0 Å². The molecule has 1 aliphatic rings. The first-order valence-corrected chi connectivity index (χ1v) is 8.58. The van der Waals surface area contributed by atoms with Gasteiger partial charge in [0, 0.05) is 32.2 Å². The van der Waals surface area contributed by atoms with Crippen molar-refractivity contribution in [1.29, 1.82) is 0 Å². The lowest BCUT2D eigenvalue weighted by Crippen LogP contribution is -2.48. The molecule has 2 unspecified atom stereocenters. The van der Waals surface area contributed by atoms with E-state index in [0.29, 0.717) is 12.1 Å². The second kappa shape index (κ2) is 10.0. The van der Waals surface area contributed by atoms with Crippen molar-refractivity contribution in [2.45, 2.75) is 52.6 Å². The fourth-order valence-electron chi connectivity index (χ4n) is 3.20. The molecule has 0 aromatic heterocycles. The van der Waals surface area contributed by atoms with Crippen LogP contribution in [0.15, 0.2) is 4.99 Å². The SMILES string of the molecule is CCN(CC)C(C)CNC(=NC)NCC1CCCN1CC. The number of likely N-dealkylation sites (N-methyl/N-ethyl adjacent to an activating group) is 2. The number of likely N-dealkylation sites (tertiary alicyclic amines) is 1. The van der Waals surface area contributed by atoms with Crippen LogP contribution in [0, 0.1) is 0 Å². The fraction of sp³-hybridized carbons (Fsp3) is 0.938. The van der Waals surface area contributed by atoms with Gasteiger partial charge in [0.2, 0.25) is 0 Å². The maximum atomic E-state index is 4.34. The van der Waals surface area contributed by atoms with Gasteiger partial charge in [-0.05, 0) is 45.9 Å². The average molecular weight is 297 g/mol. The van der Waals surface area contributed by atoms with Crippen LogP contribution >= 0.6 is 0 Å². The van der Waals surface area contributed by atoms with Gasteiger partial charge in [-0.2, -0.15) is 0 Å². The number of rotatable bonds is 8. The van der Waals surface area contributed by atoms with Crippen LogP contribution in [0.5, 0.6) is 0 Å². The zero-order chi connectivity index (χ0) is 15.7. The predicted molar refractivity (Wildman–Crippen MR) is 92.0 cm³/mol. The van der Waals surface area contributed by atoms with Gasteiger partial charge in [0.15, 0.2) is 5.96 Å².